The molecule has 0 aliphatic rings. The van der Waals surface area contributed by atoms with Gasteiger partial charge in [-0.15, -0.1) is 5.10 Å². The second kappa shape index (κ2) is 8.70. The zero-order valence-electron chi connectivity index (χ0n) is 15.4. The zero-order chi connectivity index (χ0) is 19.1. The monoisotopic (exact) mass is 367 g/mol. The number of rotatable bonds is 8. The summed E-state index contributed by atoms with van der Waals surface area (Å²) in [7, 11) is 4.85. The molecule has 27 heavy (non-hydrogen) atoms. The molecule has 0 saturated heterocycles. The number of aromatic nitrogens is 3. The molecule has 0 unspecified atom stereocenters. The number of methoxy groups -OCH3 is 3. The first-order chi connectivity index (χ1) is 13.2. The highest BCUT2D eigenvalue weighted by Gasteiger charge is 2.06. The summed E-state index contributed by atoms with van der Waals surface area (Å²) in [6, 6.07) is 13.2. The van der Waals surface area contributed by atoms with Crippen molar-refractivity contribution in [3.8, 4) is 17.2 Å². The van der Waals surface area contributed by atoms with Crippen LogP contribution in [0.25, 0.3) is 0 Å². The number of ether oxygens (including phenoxy) is 3. The van der Waals surface area contributed by atoms with E-state index < -0.39 is 0 Å². The van der Waals surface area contributed by atoms with Crippen LogP contribution in [0.5, 0.6) is 17.2 Å². The van der Waals surface area contributed by atoms with E-state index in [0.29, 0.717) is 29.8 Å². The first-order valence-electron chi connectivity index (χ1n) is 8.27. The van der Waals surface area contributed by atoms with E-state index in [-0.39, 0.29) is 0 Å². The van der Waals surface area contributed by atoms with E-state index in [1.54, 1.807) is 27.5 Å². The average molecular weight is 367 g/mol. The quantitative estimate of drug-likeness (QED) is 0.627. The van der Waals surface area contributed by atoms with E-state index in [1.807, 2.05) is 42.5 Å². The molecule has 0 radical (unpaired) electrons. The van der Waals surface area contributed by atoms with E-state index in [1.165, 1.54) is 0 Å². The molecule has 0 bridgehead atoms. The molecule has 3 rings (SSSR count). The van der Waals surface area contributed by atoms with Crippen LogP contribution in [0.3, 0.4) is 0 Å². The van der Waals surface area contributed by atoms with Crippen LogP contribution in [0.15, 0.2) is 48.7 Å². The molecule has 3 aromatic rings. The van der Waals surface area contributed by atoms with E-state index >= 15 is 0 Å². The van der Waals surface area contributed by atoms with Crippen LogP contribution in [0.1, 0.15) is 5.56 Å². The van der Waals surface area contributed by atoms with Crippen LogP contribution in [0.2, 0.25) is 0 Å². The van der Waals surface area contributed by atoms with Gasteiger partial charge in [-0.05, 0) is 42.0 Å². The smallest absolute Gasteiger partial charge is 0.244 e. The van der Waals surface area contributed by atoms with Crippen molar-refractivity contribution < 1.29 is 14.2 Å². The molecule has 2 N–H and O–H groups in total. The number of nitrogens with zero attached hydrogens (tertiary/aromatic N) is 3. The highest BCUT2D eigenvalue weighted by Crippen LogP contribution is 2.27. The van der Waals surface area contributed by atoms with Crippen LogP contribution in [-0.4, -0.2) is 36.5 Å². The highest BCUT2D eigenvalue weighted by molar-refractivity contribution is 5.57. The molecule has 0 amide bonds. The SMILES string of the molecule is COc1ccc(Nc2cnnc(NCc3ccc(OC)c(OC)c3)n2)cc1. The number of anilines is 3. The molecule has 0 aliphatic carbocycles. The first kappa shape index (κ1) is 18.2. The summed E-state index contributed by atoms with van der Waals surface area (Å²) in [5.74, 6) is 3.16. The Kier molecular flexibility index (Phi) is 5.88. The largest absolute Gasteiger partial charge is 0.497 e. The predicted octanol–water partition coefficient (Wildman–Crippen LogP) is 3.25. The zero-order valence-corrected chi connectivity index (χ0v) is 15.4. The van der Waals surface area contributed by atoms with Gasteiger partial charge in [0.05, 0.1) is 27.5 Å². The lowest BCUT2D eigenvalue weighted by Crippen LogP contribution is -2.06. The Labute approximate surface area is 157 Å². The van der Waals surface area contributed by atoms with Gasteiger partial charge in [-0.25, -0.2) is 0 Å². The van der Waals surface area contributed by atoms with Crippen LogP contribution >= 0.6 is 0 Å². The minimum absolute atomic E-state index is 0.420. The number of benzene rings is 2. The van der Waals surface area contributed by atoms with Gasteiger partial charge in [-0.3, -0.25) is 0 Å². The van der Waals surface area contributed by atoms with Crippen molar-refractivity contribution in [2.24, 2.45) is 0 Å². The van der Waals surface area contributed by atoms with E-state index in [0.717, 1.165) is 17.0 Å². The normalized spacial score (nSPS) is 10.2. The van der Waals surface area contributed by atoms with E-state index in [2.05, 4.69) is 25.8 Å². The summed E-state index contributed by atoms with van der Waals surface area (Å²) in [5, 5.41) is 14.3. The fraction of sp³-hybridized carbons (Fsp3) is 0.211. The second-order valence-electron chi connectivity index (χ2n) is 5.56. The lowest BCUT2D eigenvalue weighted by Gasteiger charge is -2.11. The maximum Gasteiger partial charge on any atom is 0.244 e. The lowest BCUT2D eigenvalue weighted by molar-refractivity contribution is 0.354. The number of hydrogen-bond acceptors (Lipinski definition) is 8. The predicted molar refractivity (Wildman–Crippen MR) is 103 cm³/mol. The minimum Gasteiger partial charge on any atom is -0.497 e. The summed E-state index contributed by atoms with van der Waals surface area (Å²) < 4.78 is 15.7. The van der Waals surface area contributed by atoms with Gasteiger partial charge in [0.15, 0.2) is 17.3 Å². The fourth-order valence-corrected chi connectivity index (χ4v) is 2.43. The summed E-state index contributed by atoms with van der Waals surface area (Å²) in [6.07, 6.45) is 1.56. The van der Waals surface area contributed by atoms with Crippen molar-refractivity contribution in [2.75, 3.05) is 32.0 Å². The fourth-order valence-electron chi connectivity index (χ4n) is 2.43. The number of hydrogen-bond donors (Lipinski definition) is 2. The molecule has 0 atom stereocenters. The summed E-state index contributed by atoms with van der Waals surface area (Å²) >= 11 is 0. The molecular formula is C19H21N5O3. The Morgan fingerprint density at radius 2 is 1.67 bits per heavy atom. The van der Waals surface area contributed by atoms with Crippen LogP contribution in [0.4, 0.5) is 17.5 Å². The maximum atomic E-state index is 5.32. The Morgan fingerprint density at radius 3 is 2.37 bits per heavy atom. The van der Waals surface area contributed by atoms with Gasteiger partial charge < -0.3 is 24.8 Å². The maximum absolute atomic E-state index is 5.32. The van der Waals surface area contributed by atoms with Crippen LogP contribution in [0, 0.1) is 0 Å². The van der Waals surface area contributed by atoms with Crippen molar-refractivity contribution in [1.29, 1.82) is 0 Å². The van der Waals surface area contributed by atoms with Crippen molar-refractivity contribution >= 4 is 17.5 Å². The molecule has 0 fully saturated rings. The van der Waals surface area contributed by atoms with Gasteiger partial charge in [0.2, 0.25) is 5.95 Å². The Balaban J connectivity index is 1.65. The molecule has 0 spiro atoms. The standard InChI is InChI=1S/C19H21N5O3/c1-25-15-7-5-14(6-8-15)22-18-12-21-24-19(23-18)20-11-13-4-9-16(26-2)17(10-13)27-3/h4-10,12H,11H2,1-3H3,(H2,20,22,23,24). The molecule has 1 heterocycles. The van der Waals surface area contributed by atoms with Gasteiger partial charge in [-0.2, -0.15) is 10.1 Å². The van der Waals surface area contributed by atoms with Gasteiger partial charge >= 0.3 is 0 Å². The van der Waals surface area contributed by atoms with Crippen LogP contribution < -0.4 is 24.8 Å². The minimum atomic E-state index is 0.420. The van der Waals surface area contributed by atoms with Gasteiger partial charge in [0, 0.05) is 12.2 Å². The first-order valence-corrected chi connectivity index (χ1v) is 8.27. The molecule has 8 heteroatoms. The third kappa shape index (κ3) is 4.75. The average Bonchev–Trinajstić information content (AvgIpc) is 2.73. The molecule has 140 valence electrons. The Bertz CT molecular complexity index is 887. The second-order valence-corrected chi connectivity index (χ2v) is 5.56. The van der Waals surface area contributed by atoms with Gasteiger partial charge in [0.1, 0.15) is 5.75 Å². The molecule has 2 aromatic carbocycles. The highest BCUT2D eigenvalue weighted by atomic mass is 16.5. The topological polar surface area (TPSA) is 90.4 Å². The third-order valence-electron chi connectivity index (χ3n) is 3.82. The third-order valence-corrected chi connectivity index (χ3v) is 3.82. The van der Waals surface area contributed by atoms with Gasteiger partial charge in [-0.1, -0.05) is 6.07 Å². The van der Waals surface area contributed by atoms with Crippen LogP contribution in [-0.2, 0) is 6.54 Å². The van der Waals surface area contributed by atoms with Crippen molar-refractivity contribution in [2.45, 2.75) is 6.54 Å². The van der Waals surface area contributed by atoms with E-state index in [9.17, 15) is 0 Å². The summed E-state index contributed by atoms with van der Waals surface area (Å²) in [6.45, 7) is 0.522. The lowest BCUT2D eigenvalue weighted by atomic mass is 10.2. The summed E-state index contributed by atoms with van der Waals surface area (Å²) in [5.41, 5.74) is 1.88. The number of nitrogens with one attached hydrogen (secondary N) is 2. The summed E-state index contributed by atoms with van der Waals surface area (Å²) in [4.78, 5) is 4.42. The Morgan fingerprint density at radius 1 is 0.889 bits per heavy atom. The molecule has 8 nitrogen and oxygen atoms in total. The molecular weight excluding hydrogens is 346 g/mol. The van der Waals surface area contributed by atoms with Crippen molar-refractivity contribution in [3.63, 3.8) is 0 Å². The van der Waals surface area contributed by atoms with Gasteiger partial charge in [0.25, 0.3) is 0 Å². The molecule has 0 saturated carbocycles. The Hall–Kier alpha value is -3.55. The molecule has 0 aliphatic heterocycles. The van der Waals surface area contributed by atoms with Crippen molar-refractivity contribution in [3.05, 3.63) is 54.2 Å². The van der Waals surface area contributed by atoms with E-state index in [4.69, 9.17) is 14.2 Å². The van der Waals surface area contributed by atoms with Crippen molar-refractivity contribution in [1.82, 2.24) is 15.2 Å². The molecule has 1 aromatic heterocycles.